The molecule has 40 heavy (non-hydrogen) atoms. The zero-order valence-electron chi connectivity index (χ0n) is 21.6. The Labute approximate surface area is 227 Å². The highest BCUT2D eigenvalue weighted by molar-refractivity contribution is 5.93. The Kier molecular flexibility index (Phi) is 7.32. The number of carbonyl (C=O) groups excluding carboxylic acids is 1. The Balaban J connectivity index is 1.25. The number of hydrogen-bond acceptors (Lipinski definition) is 7. The van der Waals surface area contributed by atoms with E-state index in [0.717, 1.165) is 10.1 Å². The Morgan fingerprint density at radius 2 is 1.65 bits per heavy atom. The summed E-state index contributed by atoms with van der Waals surface area (Å²) in [5.74, 6) is 0.323. The van der Waals surface area contributed by atoms with E-state index in [4.69, 9.17) is 14.9 Å². The van der Waals surface area contributed by atoms with Crippen LogP contribution in [-0.4, -0.2) is 21.6 Å². The number of rotatable bonds is 8. The fourth-order valence-electron chi connectivity index (χ4n) is 4.27. The first kappa shape index (κ1) is 26.2. The van der Waals surface area contributed by atoms with E-state index in [2.05, 4.69) is 5.32 Å². The van der Waals surface area contributed by atoms with Crippen LogP contribution in [0.1, 0.15) is 12.8 Å². The summed E-state index contributed by atoms with van der Waals surface area (Å²) in [6, 6.07) is 24.3. The lowest BCUT2D eigenvalue weighted by Crippen LogP contribution is -2.40. The Morgan fingerprint density at radius 1 is 0.950 bits per heavy atom. The third kappa shape index (κ3) is 5.28. The maximum atomic E-state index is 12.7. The van der Waals surface area contributed by atoms with E-state index in [-0.39, 0.29) is 30.0 Å². The summed E-state index contributed by atoms with van der Waals surface area (Å²) in [5.41, 5.74) is 6.13. The van der Waals surface area contributed by atoms with Gasteiger partial charge in [-0.1, -0.05) is 48.5 Å². The number of aromatic nitrogens is 2. The minimum absolute atomic E-state index is 0.0356. The van der Waals surface area contributed by atoms with Gasteiger partial charge in [-0.3, -0.25) is 19.0 Å². The van der Waals surface area contributed by atoms with Crippen molar-refractivity contribution in [2.75, 3.05) is 17.7 Å². The average molecular weight is 539 g/mol. The molecule has 0 fully saturated rings. The second-order valence-corrected chi connectivity index (χ2v) is 9.08. The van der Waals surface area contributed by atoms with Crippen LogP contribution >= 0.6 is 0 Å². The van der Waals surface area contributed by atoms with Crippen LogP contribution in [-0.2, 0) is 11.8 Å². The van der Waals surface area contributed by atoms with Gasteiger partial charge in [0, 0.05) is 31.2 Å². The van der Waals surface area contributed by atoms with Gasteiger partial charge in [-0.15, -0.1) is 0 Å². The highest BCUT2D eigenvalue weighted by atomic mass is 16.5. The Hall–Kier alpha value is -5.38. The van der Waals surface area contributed by atoms with Gasteiger partial charge in [-0.2, -0.15) is 0 Å². The number of amides is 1. The molecule has 3 N–H and O–H groups in total. The zero-order valence-corrected chi connectivity index (χ0v) is 21.6. The molecule has 0 radical (unpaired) electrons. The maximum Gasteiger partial charge on any atom is 0.337 e. The third-order valence-corrected chi connectivity index (χ3v) is 6.35. The van der Waals surface area contributed by atoms with Crippen molar-refractivity contribution in [2.45, 2.75) is 12.8 Å². The molecule has 10 heteroatoms. The molecule has 0 spiro atoms. The van der Waals surface area contributed by atoms with Gasteiger partial charge in [-0.05, 0) is 30.7 Å². The van der Waals surface area contributed by atoms with Gasteiger partial charge in [0.15, 0.2) is 5.43 Å². The number of hydrogen-bond donors (Lipinski definition) is 2. The number of nitrogen functional groups attached to an aromatic ring is 1. The lowest BCUT2D eigenvalue weighted by atomic mass is 10.1. The number of nitrogens with two attached hydrogens (primary N) is 1. The van der Waals surface area contributed by atoms with Gasteiger partial charge in [0.1, 0.15) is 28.6 Å². The molecule has 0 aliphatic carbocycles. The summed E-state index contributed by atoms with van der Waals surface area (Å²) >= 11 is 0. The number of benzene rings is 3. The Bertz CT molecular complexity index is 1880. The molecule has 202 valence electrons. The fourth-order valence-corrected chi connectivity index (χ4v) is 4.27. The normalized spacial score (nSPS) is 10.9. The summed E-state index contributed by atoms with van der Waals surface area (Å²) in [7, 11) is 1.32. The summed E-state index contributed by atoms with van der Waals surface area (Å²) < 4.78 is 13.8. The molecule has 0 atom stereocenters. The summed E-state index contributed by atoms with van der Waals surface area (Å²) in [6.07, 6.45) is 0.365. The van der Waals surface area contributed by atoms with Crippen LogP contribution in [0.15, 0.2) is 104 Å². The number of para-hydroxylation sites is 1. The first-order chi connectivity index (χ1) is 19.3. The molecule has 0 aliphatic rings. The second kappa shape index (κ2) is 11.2. The first-order valence-corrected chi connectivity index (χ1v) is 12.6. The molecule has 0 saturated carbocycles. The maximum absolute atomic E-state index is 12.7. The highest BCUT2D eigenvalue weighted by Crippen LogP contribution is 2.25. The third-order valence-electron chi connectivity index (χ3n) is 6.35. The lowest BCUT2D eigenvalue weighted by Gasteiger charge is -2.15. The van der Waals surface area contributed by atoms with Gasteiger partial charge in [0.25, 0.3) is 5.56 Å². The number of nitrogens with zero attached hydrogens (tertiary/aromatic N) is 2. The standard InChI is InChI=1S/C30H26N4O6/c1-33-29(37)27(28(31)34(30(33)38)20-11-6-3-7-12-20)32-26(36)13-8-16-39-21-14-15-22-23(35)18-24(40-25(22)17-21)19-9-4-2-5-10-19/h2-7,9-12,14-15,17-18H,8,13,16,31H2,1H3,(H,32,36). The number of carbonyl (C=O) groups is 1. The molecule has 2 heterocycles. The second-order valence-electron chi connectivity index (χ2n) is 9.08. The van der Waals surface area contributed by atoms with Crippen LogP contribution in [0.25, 0.3) is 28.0 Å². The molecule has 1 amide bonds. The van der Waals surface area contributed by atoms with Crippen LogP contribution in [0.5, 0.6) is 5.75 Å². The number of ether oxygens (including phenoxy) is 1. The van der Waals surface area contributed by atoms with Crippen LogP contribution < -0.4 is 32.5 Å². The van der Waals surface area contributed by atoms with Crippen molar-refractivity contribution in [3.8, 4) is 22.8 Å². The SMILES string of the molecule is Cn1c(=O)c(NC(=O)CCCOc2ccc3c(=O)cc(-c4ccccc4)oc3c2)c(N)n(-c2ccccc2)c1=O. The zero-order chi connectivity index (χ0) is 28.2. The van der Waals surface area contributed by atoms with Crippen LogP contribution in [0.3, 0.4) is 0 Å². The first-order valence-electron chi connectivity index (χ1n) is 12.6. The molecule has 3 aromatic carbocycles. The van der Waals surface area contributed by atoms with Crippen LogP contribution in [0, 0.1) is 0 Å². The summed E-state index contributed by atoms with van der Waals surface area (Å²) in [5, 5.41) is 2.98. The van der Waals surface area contributed by atoms with E-state index >= 15 is 0 Å². The minimum atomic E-state index is -0.702. The summed E-state index contributed by atoms with van der Waals surface area (Å²) in [4.78, 5) is 50.6. The van der Waals surface area contributed by atoms with E-state index in [9.17, 15) is 19.2 Å². The largest absolute Gasteiger partial charge is 0.493 e. The van der Waals surface area contributed by atoms with E-state index < -0.39 is 17.2 Å². The van der Waals surface area contributed by atoms with Gasteiger partial charge in [0.2, 0.25) is 5.91 Å². The van der Waals surface area contributed by atoms with Gasteiger partial charge in [0.05, 0.1) is 17.7 Å². The molecule has 5 rings (SSSR count). The van der Waals surface area contributed by atoms with Crippen molar-refractivity contribution in [1.29, 1.82) is 0 Å². The number of anilines is 2. The van der Waals surface area contributed by atoms with E-state index in [1.807, 2.05) is 30.3 Å². The number of fused-ring (bicyclic) bond motifs is 1. The van der Waals surface area contributed by atoms with Gasteiger partial charge < -0.3 is 20.2 Å². The van der Waals surface area contributed by atoms with Gasteiger partial charge >= 0.3 is 5.69 Å². The molecule has 0 aliphatic heterocycles. The molecule has 10 nitrogen and oxygen atoms in total. The number of nitrogens with one attached hydrogen (secondary N) is 1. The predicted octanol–water partition coefficient (Wildman–Crippen LogP) is 3.69. The van der Waals surface area contributed by atoms with Crippen LogP contribution in [0.2, 0.25) is 0 Å². The van der Waals surface area contributed by atoms with Crippen molar-refractivity contribution in [3.05, 3.63) is 116 Å². The van der Waals surface area contributed by atoms with E-state index in [0.29, 0.717) is 34.6 Å². The smallest absolute Gasteiger partial charge is 0.337 e. The van der Waals surface area contributed by atoms with Crippen LogP contribution in [0.4, 0.5) is 11.5 Å². The van der Waals surface area contributed by atoms with Crippen molar-refractivity contribution in [3.63, 3.8) is 0 Å². The predicted molar refractivity (Wildman–Crippen MR) is 153 cm³/mol. The fraction of sp³-hybridized carbons (Fsp3) is 0.133. The van der Waals surface area contributed by atoms with Crippen molar-refractivity contribution >= 4 is 28.4 Å². The van der Waals surface area contributed by atoms with Crippen molar-refractivity contribution in [2.24, 2.45) is 7.05 Å². The van der Waals surface area contributed by atoms with E-state index in [1.54, 1.807) is 48.5 Å². The van der Waals surface area contributed by atoms with E-state index in [1.165, 1.54) is 17.7 Å². The molecule has 2 aromatic heterocycles. The Morgan fingerprint density at radius 3 is 2.38 bits per heavy atom. The minimum Gasteiger partial charge on any atom is -0.493 e. The molecule has 0 unspecified atom stereocenters. The van der Waals surface area contributed by atoms with Gasteiger partial charge in [-0.25, -0.2) is 9.36 Å². The van der Waals surface area contributed by atoms with Crippen molar-refractivity contribution < 1.29 is 13.9 Å². The lowest BCUT2D eigenvalue weighted by molar-refractivity contribution is -0.116. The quantitative estimate of drug-likeness (QED) is 0.287. The monoisotopic (exact) mass is 538 g/mol. The molecule has 0 saturated heterocycles. The van der Waals surface area contributed by atoms with Crippen molar-refractivity contribution in [1.82, 2.24) is 9.13 Å². The molecular formula is C30H26N4O6. The molecular weight excluding hydrogens is 512 g/mol. The topological polar surface area (TPSA) is 139 Å². The summed E-state index contributed by atoms with van der Waals surface area (Å²) in [6.45, 7) is 0.193. The molecule has 5 aromatic rings. The highest BCUT2D eigenvalue weighted by Gasteiger charge is 2.18. The average Bonchev–Trinajstić information content (AvgIpc) is 2.97. The molecule has 0 bridgehead atoms.